The van der Waals surface area contributed by atoms with Crippen molar-refractivity contribution in [2.75, 3.05) is 6.61 Å². The first-order chi connectivity index (χ1) is 13.9. The molecule has 184 valence electrons. The van der Waals surface area contributed by atoms with Crippen molar-refractivity contribution in [3.63, 3.8) is 0 Å². The number of ether oxygens (including phenoxy) is 1. The molecule has 1 aliphatic rings. The largest absolute Gasteiger partial charge is 0.459 e. The maximum Gasteiger partial charge on any atom is 0.384 e. The highest BCUT2D eigenvalue weighted by Gasteiger charge is 2.87. The molecule has 0 bridgehead atoms. The molecular weight excluding hydrogens is 464 g/mol. The zero-order chi connectivity index (χ0) is 24.5. The first-order valence-corrected chi connectivity index (χ1v) is 9.20. The number of carbonyl (C=O) groups excluding carboxylic acids is 1. The lowest BCUT2D eigenvalue weighted by Crippen LogP contribution is -2.69. The fourth-order valence-electron chi connectivity index (χ4n) is 3.24. The van der Waals surface area contributed by atoms with Gasteiger partial charge in [-0.25, -0.2) is 8.78 Å². The van der Waals surface area contributed by atoms with Crippen molar-refractivity contribution >= 4 is 5.97 Å². The van der Waals surface area contributed by atoms with Crippen LogP contribution in [0.4, 0.5) is 52.7 Å². The number of halogens is 12. The summed E-state index contributed by atoms with van der Waals surface area (Å²) in [6.45, 7) is -0.932. The molecule has 31 heavy (non-hydrogen) atoms. The van der Waals surface area contributed by atoms with Gasteiger partial charge in [-0.2, -0.15) is 43.9 Å². The van der Waals surface area contributed by atoms with Crippen molar-refractivity contribution in [3.05, 3.63) is 0 Å². The SMILES string of the molecule is CCCC1CCC(C(=O)OCC(F)(F)C(F)(F)C(F)(F)C(F)(F)C(F)(F)C(F)F)CC1. The Balaban J connectivity index is 2.92. The number of esters is 1. The summed E-state index contributed by atoms with van der Waals surface area (Å²) in [6, 6.07) is 0. The van der Waals surface area contributed by atoms with E-state index in [0.717, 1.165) is 12.8 Å². The maximum atomic E-state index is 13.6. The summed E-state index contributed by atoms with van der Waals surface area (Å²) in [5.41, 5.74) is 0. The second kappa shape index (κ2) is 9.24. The van der Waals surface area contributed by atoms with Crippen molar-refractivity contribution in [1.29, 1.82) is 0 Å². The van der Waals surface area contributed by atoms with E-state index >= 15 is 0 Å². The summed E-state index contributed by atoms with van der Waals surface area (Å²) in [7, 11) is 0. The van der Waals surface area contributed by atoms with E-state index in [1.54, 1.807) is 0 Å². The summed E-state index contributed by atoms with van der Waals surface area (Å²) < 4.78 is 161. The fraction of sp³-hybridized carbons (Fsp3) is 0.941. The van der Waals surface area contributed by atoms with E-state index in [2.05, 4.69) is 4.74 Å². The van der Waals surface area contributed by atoms with E-state index in [1.807, 2.05) is 6.92 Å². The highest BCUT2D eigenvalue weighted by molar-refractivity contribution is 5.72. The van der Waals surface area contributed by atoms with Gasteiger partial charge in [0, 0.05) is 0 Å². The maximum absolute atomic E-state index is 13.6. The van der Waals surface area contributed by atoms with Crippen LogP contribution in [0.3, 0.4) is 0 Å². The van der Waals surface area contributed by atoms with Gasteiger partial charge in [0.15, 0.2) is 6.61 Å². The third kappa shape index (κ3) is 5.01. The Morgan fingerprint density at radius 1 is 0.839 bits per heavy atom. The third-order valence-electron chi connectivity index (χ3n) is 5.21. The third-order valence-corrected chi connectivity index (χ3v) is 5.21. The lowest BCUT2D eigenvalue weighted by Gasteiger charge is -2.39. The van der Waals surface area contributed by atoms with Gasteiger partial charge in [0.05, 0.1) is 5.92 Å². The van der Waals surface area contributed by atoms with Crippen LogP contribution in [-0.4, -0.2) is 48.6 Å². The van der Waals surface area contributed by atoms with Gasteiger partial charge in [-0.1, -0.05) is 19.8 Å². The highest BCUT2D eigenvalue weighted by Crippen LogP contribution is 2.58. The van der Waals surface area contributed by atoms with Gasteiger partial charge in [0.1, 0.15) is 0 Å². The molecule has 0 atom stereocenters. The van der Waals surface area contributed by atoms with Crippen molar-refractivity contribution in [2.24, 2.45) is 11.8 Å². The van der Waals surface area contributed by atoms with E-state index in [9.17, 15) is 57.5 Å². The molecule has 2 nitrogen and oxygen atoms in total. The van der Waals surface area contributed by atoms with Gasteiger partial charge in [-0.15, -0.1) is 0 Å². The van der Waals surface area contributed by atoms with Gasteiger partial charge in [-0.05, 0) is 31.6 Å². The Labute approximate surface area is 169 Å². The van der Waals surface area contributed by atoms with Crippen LogP contribution in [0.1, 0.15) is 45.4 Å². The van der Waals surface area contributed by atoms with Crippen LogP contribution in [0.2, 0.25) is 0 Å². The van der Waals surface area contributed by atoms with Crippen LogP contribution >= 0.6 is 0 Å². The fourth-order valence-corrected chi connectivity index (χ4v) is 3.24. The summed E-state index contributed by atoms with van der Waals surface area (Å²) in [6.07, 6.45) is -2.69. The minimum atomic E-state index is -7.62. The quantitative estimate of drug-likeness (QED) is 0.259. The zero-order valence-electron chi connectivity index (χ0n) is 16.0. The lowest BCUT2D eigenvalue weighted by molar-refractivity contribution is -0.414. The van der Waals surface area contributed by atoms with E-state index < -0.39 is 54.5 Å². The Morgan fingerprint density at radius 2 is 1.32 bits per heavy atom. The molecule has 0 heterocycles. The lowest BCUT2D eigenvalue weighted by atomic mass is 9.80. The number of hydrogen-bond acceptors (Lipinski definition) is 2. The molecule has 0 aliphatic heterocycles. The van der Waals surface area contributed by atoms with Gasteiger partial charge >= 0.3 is 42.0 Å². The molecule has 0 aromatic carbocycles. The topological polar surface area (TPSA) is 26.3 Å². The molecule has 1 rings (SSSR count). The number of rotatable bonds is 10. The molecule has 0 spiro atoms. The Morgan fingerprint density at radius 3 is 1.74 bits per heavy atom. The minimum absolute atomic E-state index is 0.125. The molecule has 0 aromatic rings. The van der Waals surface area contributed by atoms with E-state index in [0.29, 0.717) is 12.8 Å². The van der Waals surface area contributed by atoms with E-state index in [4.69, 9.17) is 0 Å². The molecule has 1 fully saturated rings. The molecule has 0 saturated heterocycles. The molecule has 0 unspecified atom stereocenters. The number of alkyl halides is 12. The van der Waals surface area contributed by atoms with Crippen molar-refractivity contribution in [1.82, 2.24) is 0 Å². The van der Waals surface area contributed by atoms with Crippen LogP contribution in [0.5, 0.6) is 0 Å². The van der Waals surface area contributed by atoms with Crippen LogP contribution < -0.4 is 0 Å². The summed E-state index contributed by atoms with van der Waals surface area (Å²) in [4.78, 5) is 11.8. The van der Waals surface area contributed by atoms with Gasteiger partial charge in [0.2, 0.25) is 0 Å². The second-order valence-corrected chi connectivity index (χ2v) is 7.47. The first-order valence-electron chi connectivity index (χ1n) is 9.20. The Kier molecular flexibility index (Phi) is 8.25. The number of hydrogen-bond donors (Lipinski definition) is 0. The minimum Gasteiger partial charge on any atom is -0.459 e. The summed E-state index contributed by atoms with van der Waals surface area (Å²) >= 11 is 0. The van der Waals surface area contributed by atoms with Gasteiger partial charge in [-0.3, -0.25) is 4.79 Å². The smallest absolute Gasteiger partial charge is 0.384 e. The predicted molar refractivity (Wildman–Crippen MR) is 82.1 cm³/mol. The molecule has 0 amide bonds. The molecule has 1 aliphatic carbocycles. The Bertz CT molecular complexity index is 612. The summed E-state index contributed by atoms with van der Waals surface area (Å²) in [5, 5.41) is 0. The Hall–Kier alpha value is -1.37. The van der Waals surface area contributed by atoms with Crippen molar-refractivity contribution in [3.8, 4) is 0 Å². The predicted octanol–water partition coefficient (Wildman–Crippen LogP) is 6.58. The number of carbonyl (C=O) groups is 1. The standard InChI is InChI=1S/C17H20F12O2/c1-2-3-9-4-6-10(7-5-9)11(30)31-8-13(20,21)15(24,25)17(28,29)16(26,27)14(22,23)12(18)19/h9-10,12H,2-8H2,1H3. The van der Waals surface area contributed by atoms with Crippen LogP contribution in [0.15, 0.2) is 0 Å². The van der Waals surface area contributed by atoms with E-state index in [1.165, 1.54) is 0 Å². The van der Waals surface area contributed by atoms with Crippen LogP contribution in [0, 0.1) is 11.8 Å². The van der Waals surface area contributed by atoms with Crippen molar-refractivity contribution in [2.45, 2.75) is 81.5 Å². The zero-order valence-corrected chi connectivity index (χ0v) is 16.0. The van der Waals surface area contributed by atoms with Gasteiger partial charge < -0.3 is 4.74 Å². The second-order valence-electron chi connectivity index (χ2n) is 7.47. The monoisotopic (exact) mass is 484 g/mol. The van der Waals surface area contributed by atoms with Crippen molar-refractivity contribution < 1.29 is 62.2 Å². The first kappa shape index (κ1) is 27.7. The average Bonchev–Trinajstić information content (AvgIpc) is 2.66. The molecule has 0 aromatic heterocycles. The molecule has 1 saturated carbocycles. The van der Waals surface area contributed by atoms with E-state index in [-0.39, 0.29) is 18.8 Å². The molecule has 14 heteroatoms. The summed E-state index contributed by atoms with van der Waals surface area (Å²) in [5.74, 6) is -38.0. The molecule has 0 radical (unpaired) electrons. The molecule has 0 N–H and O–H groups in total. The average molecular weight is 484 g/mol. The van der Waals surface area contributed by atoms with Crippen LogP contribution in [0.25, 0.3) is 0 Å². The highest BCUT2D eigenvalue weighted by atomic mass is 19.4. The molecular formula is C17H20F12O2. The van der Waals surface area contributed by atoms with Gasteiger partial charge in [0.25, 0.3) is 0 Å². The van der Waals surface area contributed by atoms with Crippen LogP contribution in [-0.2, 0) is 9.53 Å². The normalized spacial score (nSPS) is 22.0.